The maximum absolute atomic E-state index is 12.9. The first kappa shape index (κ1) is 22.2. The molecule has 0 aliphatic carbocycles. The van der Waals surface area contributed by atoms with Crippen LogP contribution in [0.25, 0.3) is 0 Å². The number of rotatable bonds is 7. The minimum absolute atomic E-state index is 0.0758. The third-order valence-electron chi connectivity index (χ3n) is 4.57. The molecule has 1 aliphatic heterocycles. The highest BCUT2D eigenvalue weighted by atomic mass is 16.4. The van der Waals surface area contributed by atoms with E-state index in [1.165, 1.54) is 4.90 Å². The lowest BCUT2D eigenvalue weighted by Crippen LogP contribution is -2.57. The highest BCUT2D eigenvalue weighted by Crippen LogP contribution is 2.28. The van der Waals surface area contributed by atoms with Gasteiger partial charge in [-0.3, -0.25) is 14.5 Å². The van der Waals surface area contributed by atoms with Crippen molar-refractivity contribution in [3.05, 3.63) is 24.3 Å². The lowest BCUT2D eigenvalue weighted by molar-refractivity contribution is -0.142. The molecule has 0 saturated carbocycles. The molecule has 0 fully saturated rings. The van der Waals surface area contributed by atoms with Gasteiger partial charge in [0, 0.05) is 0 Å². The molecule has 9 nitrogen and oxygen atoms in total. The summed E-state index contributed by atoms with van der Waals surface area (Å²) in [5, 5.41) is 17.2. The topological polar surface area (TPSA) is 128 Å². The van der Waals surface area contributed by atoms with E-state index in [0.29, 0.717) is 11.4 Å². The van der Waals surface area contributed by atoms with E-state index in [9.17, 15) is 24.3 Å². The molecule has 4 N–H and O–H groups in total. The number of nitrogens with one attached hydrogen (secondary N) is 3. The van der Waals surface area contributed by atoms with Crippen LogP contribution in [0.4, 0.5) is 16.2 Å². The van der Waals surface area contributed by atoms with Crippen LogP contribution in [0, 0.1) is 11.8 Å². The van der Waals surface area contributed by atoms with Crippen molar-refractivity contribution >= 4 is 35.2 Å². The van der Waals surface area contributed by atoms with Gasteiger partial charge < -0.3 is 21.1 Å². The number of amides is 4. The van der Waals surface area contributed by atoms with Gasteiger partial charge in [-0.05, 0) is 30.4 Å². The molecule has 0 aromatic heterocycles. The minimum Gasteiger partial charge on any atom is -0.480 e. The fraction of sp³-hybridized carbons (Fsp3) is 0.500. The SMILES string of the molecule is CC(C)CC(NC(=O)C(NC(=O)N1CC(=O)Nc2ccccc21)C(C)C)C(=O)O. The molecule has 0 radical (unpaired) electrons. The number of anilines is 2. The zero-order chi connectivity index (χ0) is 21.7. The number of urea groups is 1. The summed E-state index contributed by atoms with van der Waals surface area (Å²) in [6, 6.07) is 4.27. The number of aliphatic carboxylic acids is 1. The minimum atomic E-state index is -1.12. The monoisotopic (exact) mass is 404 g/mol. The molecule has 1 aliphatic rings. The summed E-state index contributed by atoms with van der Waals surface area (Å²) in [4.78, 5) is 50.2. The second kappa shape index (κ2) is 9.40. The van der Waals surface area contributed by atoms with Gasteiger partial charge in [0.2, 0.25) is 11.8 Å². The first-order valence-corrected chi connectivity index (χ1v) is 9.60. The molecular weight excluding hydrogens is 376 g/mol. The summed E-state index contributed by atoms with van der Waals surface area (Å²) in [6.45, 7) is 7.05. The smallest absolute Gasteiger partial charge is 0.326 e. The Kier molecular flexibility index (Phi) is 7.19. The van der Waals surface area contributed by atoms with Crippen molar-refractivity contribution in [2.75, 3.05) is 16.8 Å². The normalized spacial score (nSPS) is 15.4. The third kappa shape index (κ3) is 5.69. The zero-order valence-corrected chi connectivity index (χ0v) is 17.1. The number of carbonyl (C=O) groups excluding carboxylic acids is 3. The summed E-state index contributed by atoms with van der Waals surface area (Å²) in [5.74, 6) is -2.25. The molecule has 2 rings (SSSR count). The van der Waals surface area contributed by atoms with Crippen LogP contribution in [0.1, 0.15) is 34.1 Å². The Morgan fingerprint density at radius 2 is 1.79 bits per heavy atom. The van der Waals surface area contributed by atoms with Crippen molar-refractivity contribution in [1.29, 1.82) is 0 Å². The van der Waals surface area contributed by atoms with Gasteiger partial charge in [-0.15, -0.1) is 0 Å². The fourth-order valence-electron chi connectivity index (χ4n) is 3.11. The molecule has 1 aromatic carbocycles. The maximum atomic E-state index is 12.9. The Labute approximate surface area is 169 Å². The molecule has 9 heteroatoms. The van der Waals surface area contributed by atoms with E-state index in [4.69, 9.17) is 0 Å². The predicted molar refractivity (Wildman–Crippen MR) is 109 cm³/mol. The van der Waals surface area contributed by atoms with Crippen molar-refractivity contribution in [2.24, 2.45) is 11.8 Å². The molecule has 158 valence electrons. The number of carboxylic acid groups (broad SMARTS) is 1. The summed E-state index contributed by atoms with van der Waals surface area (Å²) >= 11 is 0. The van der Waals surface area contributed by atoms with Gasteiger partial charge in [0.25, 0.3) is 0 Å². The first-order valence-electron chi connectivity index (χ1n) is 9.60. The van der Waals surface area contributed by atoms with Crippen molar-refractivity contribution < 1.29 is 24.3 Å². The largest absolute Gasteiger partial charge is 0.480 e. The van der Waals surface area contributed by atoms with Gasteiger partial charge in [0.05, 0.1) is 11.4 Å². The fourth-order valence-corrected chi connectivity index (χ4v) is 3.11. The van der Waals surface area contributed by atoms with Crippen LogP contribution in [0.3, 0.4) is 0 Å². The maximum Gasteiger partial charge on any atom is 0.326 e. The lowest BCUT2D eigenvalue weighted by atomic mass is 10.0. The molecule has 2 unspecified atom stereocenters. The van der Waals surface area contributed by atoms with E-state index in [-0.39, 0.29) is 30.7 Å². The van der Waals surface area contributed by atoms with Gasteiger partial charge in [-0.2, -0.15) is 0 Å². The van der Waals surface area contributed by atoms with E-state index in [2.05, 4.69) is 16.0 Å². The Balaban J connectivity index is 2.16. The predicted octanol–water partition coefficient (Wildman–Crippen LogP) is 1.79. The van der Waals surface area contributed by atoms with Crippen molar-refractivity contribution in [2.45, 2.75) is 46.2 Å². The van der Waals surface area contributed by atoms with E-state index >= 15 is 0 Å². The van der Waals surface area contributed by atoms with Crippen LogP contribution in [0.5, 0.6) is 0 Å². The zero-order valence-electron chi connectivity index (χ0n) is 17.1. The molecule has 0 saturated heterocycles. The van der Waals surface area contributed by atoms with Gasteiger partial charge >= 0.3 is 12.0 Å². The van der Waals surface area contributed by atoms with Crippen LogP contribution >= 0.6 is 0 Å². The van der Waals surface area contributed by atoms with Crippen LogP contribution < -0.4 is 20.9 Å². The number of benzene rings is 1. The Morgan fingerprint density at radius 1 is 1.14 bits per heavy atom. The second-order valence-corrected chi connectivity index (χ2v) is 7.85. The highest BCUT2D eigenvalue weighted by Gasteiger charge is 2.32. The number of carboxylic acids is 1. The number of para-hydroxylation sites is 2. The Hall–Kier alpha value is -3.10. The summed E-state index contributed by atoms with van der Waals surface area (Å²) in [7, 11) is 0. The second-order valence-electron chi connectivity index (χ2n) is 7.85. The van der Waals surface area contributed by atoms with Crippen LogP contribution in [-0.2, 0) is 14.4 Å². The number of nitrogens with zero attached hydrogens (tertiary/aromatic N) is 1. The molecular formula is C20H28N4O5. The van der Waals surface area contributed by atoms with E-state index in [1.807, 2.05) is 13.8 Å². The number of fused-ring (bicyclic) bond motifs is 1. The molecule has 4 amide bonds. The summed E-state index contributed by atoms with van der Waals surface area (Å²) < 4.78 is 0. The molecule has 0 bridgehead atoms. The van der Waals surface area contributed by atoms with Crippen LogP contribution in [0.2, 0.25) is 0 Å². The molecule has 0 spiro atoms. The van der Waals surface area contributed by atoms with Crippen molar-refractivity contribution in [1.82, 2.24) is 10.6 Å². The van der Waals surface area contributed by atoms with Gasteiger partial charge in [0.1, 0.15) is 18.6 Å². The highest BCUT2D eigenvalue weighted by molar-refractivity contribution is 6.10. The van der Waals surface area contributed by atoms with Crippen molar-refractivity contribution in [3.63, 3.8) is 0 Å². The number of carbonyl (C=O) groups is 4. The summed E-state index contributed by atoms with van der Waals surface area (Å²) in [6.07, 6.45) is 0.277. The third-order valence-corrected chi connectivity index (χ3v) is 4.57. The molecule has 1 heterocycles. The van der Waals surface area contributed by atoms with E-state index in [0.717, 1.165) is 0 Å². The Morgan fingerprint density at radius 3 is 2.38 bits per heavy atom. The van der Waals surface area contributed by atoms with E-state index < -0.39 is 30.0 Å². The Bertz CT molecular complexity index is 793. The number of hydrogen-bond acceptors (Lipinski definition) is 4. The van der Waals surface area contributed by atoms with Gasteiger partial charge in [0.15, 0.2) is 0 Å². The first-order chi connectivity index (χ1) is 13.6. The lowest BCUT2D eigenvalue weighted by Gasteiger charge is -2.32. The standard InChI is InChI=1S/C20H28N4O5/c1-11(2)9-14(19(27)28)22-18(26)17(12(3)4)23-20(29)24-10-16(25)21-13-7-5-6-8-15(13)24/h5-8,11-12,14,17H,9-10H2,1-4H3,(H,21,25)(H,22,26)(H,23,29)(H,27,28). The molecule has 1 aromatic rings. The summed E-state index contributed by atoms with van der Waals surface area (Å²) in [5.41, 5.74) is 1.03. The van der Waals surface area contributed by atoms with Gasteiger partial charge in [-0.1, -0.05) is 39.8 Å². The molecule has 29 heavy (non-hydrogen) atoms. The van der Waals surface area contributed by atoms with E-state index in [1.54, 1.807) is 38.1 Å². The number of hydrogen-bond donors (Lipinski definition) is 4. The quantitative estimate of drug-likeness (QED) is 0.551. The average molecular weight is 404 g/mol. The van der Waals surface area contributed by atoms with Gasteiger partial charge in [-0.25, -0.2) is 9.59 Å². The molecule has 2 atom stereocenters. The van der Waals surface area contributed by atoms with Crippen molar-refractivity contribution in [3.8, 4) is 0 Å². The van der Waals surface area contributed by atoms with Crippen LogP contribution in [-0.4, -0.2) is 47.5 Å². The average Bonchev–Trinajstić information content (AvgIpc) is 2.63. The van der Waals surface area contributed by atoms with Crippen LogP contribution in [0.15, 0.2) is 24.3 Å².